The van der Waals surface area contributed by atoms with Crippen LogP contribution < -0.4 is 0 Å². The summed E-state index contributed by atoms with van der Waals surface area (Å²) < 4.78 is 6.21. The van der Waals surface area contributed by atoms with E-state index in [0.29, 0.717) is 0 Å². The minimum Gasteiger partial charge on any atom is -0.454 e. The van der Waals surface area contributed by atoms with Crippen molar-refractivity contribution in [1.29, 1.82) is 0 Å². The normalized spacial score (nSPS) is 11.8. The molecule has 0 fully saturated rings. The molecule has 26 heavy (non-hydrogen) atoms. The number of furan rings is 1. The summed E-state index contributed by atoms with van der Waals surface area (Å²) in [5.74, 6) is 0. The number of nitrogens with one attached hydrogen (secondary N) is 1. The van der Waals surface area contributed by atoms with E-state index in [9.17, 15) is 0 Å². The maximum atomic E-state index is 6.21. The summed E-state index contributed by atoms with van der Waals surface area (Å²) >= 11 is 0. The quantitative estimate of drug-likeness (QED) is 0.349. The van der Waals surface area contributed by atoms with Crippen LogP contribution in [0, 0.1) is 0 Å². The molecule has 0 atom stereocenters. The van der Waals surface area contributed by atoms with E-state index < -0.39 is 0 Å². The molecule has 2 nitrogen and oxygen atoms in total. The monoisotopic (exact) mass is 333 g/mol. The van der Waals surface area contributed by atoms with Crippen molar-refractivity contribution in [2.24, 2.45) is 0 Å². The first-order valence-corrected chi connectivity index (χ1v) is 8.80. The van der Waals surface area contributed by atoms with E-state index in [1.807, 2.05) is 12.1 Å². The minimum absolute atomic E-state index is 0.928. The number of rotatable bonds is 1. The highest BCUT2D eigenvalue weighted by Gasteiger charge is 2.15. The van der Waals surface area contributed by atoms with E-state index in [2.05, 4.69) is 77.8 Å². The van der Waals surface area contributed by atoms with Crippen molar-refractivity contribution in [3.8, 4) is 11.1 Å². The van der Waals surface area contributed by atoms with Crippen molar-refractivity contribution in [3.63, 3.8) is 0 Å². The van der Waals surface area contributed by atoms with Crippen molar-refractivity contribution in [1.82, 2.24) is 4.98 Å². The van der Waals surface area contributed by atoms with Crippen LogP contribution in [0.4, 0.5) is 0 Å². The second-order valence-corrected chi connectivity index (χ2v) is 6.68. The molecular formula is C24H15NO. The number of hydrogen-bond donors (Lipinski definition) is 1. The summed E-state index contributed by atoms with van der Waals surface area (Å²) in [5.41, 5.74) is 6.52. The van der Waals surface area contributed by atoms with Gasteiger partial charge in [0.1, 0.15) is 5.58 Å². The number of aromatic amines is 1. The van der Waals surface area contributed by atoms with Gasteiger partial charge in [0.2, 0.25) is 0 Å². The largest absolute Gasteiger partial charge is 0.454 e. The number of hydrogen-bond acceptors (Lipinski definition) is 1. The predicted octanol–water partition coefficient (Wildman–Crippen LogP) is 6.89. The Morgan fingerprint density at radius 2 is 1.42 bits per heavy atom. The highest BCUT2D eigenvalue weighted by atomic mass is 16.3. The van der Waals surface area contributed by atoms with Gasteiger partial charge in [-0.1, -0.05) is 66.7 Å². The molecule has 6 aromatic rings. The highest BCUT2D eigenvalue weighted by molar-refractivity contribution is 6.22. The van der Waals surface area contributed by atoms with Gasteiger partial charge in [0, 0.05) is 27.1 Å². The van der Waals surface area contributed by atoms with Crippen LogP contribution in [0.5, 0.6) is 0 Å². The van der Waals surface area contributed by atoms with Gasteiger partial charge in [0.15, 0.2) is 5.58 Å². The molecule has 122 valence electrons. The molecule has 2 aromatic heterocycles. The van der Waals surface area contributed by atoms with Crippen LogP contribution >= 0.6 is 0 Å². The van der Waals surface area contributed by atoms with Gasteiger partial charge in [0.25, 0.3) is 0 Å². The van der Waals surface area contributed by atoms with Crippen molar-refractivity contribution in [3.05, 3.63) is 84.9 Å². The zero-order valence-electron chi connectivity index (χ0n) is 14.0. The standard InChI is InChI=1S/C24H15NO/c1-2-7-15(8-3-1)16-10-6-11-20-22(16)19-14-13-18-17-9-4-5-12-21(17)26-24(18)23(19)25-20/h1-14,25H. The lowest BCUT2D eigenvalue weighted by atomic mass is 9.99. The number of aromatic nitrogens is 1. The first-order chi connectivity index (χ1) is 12.9. The first-order valence-electron chi connectivity index (χ1n) is 8.80. The Labute approximate surface area is 149 Å². The number of H-pyrrole nitrogens is 1. The molecule has 6 rings (SSSR count). The number of benzene rings is 4. The summed E-state index contributed by atoms with van der Waals surface area (Å²) in [6.45, 7) is 0. The van der Waals surface area contributed by atoms with Gasteiger partial charge >= 0.3 is 0 Å². The number of fused-ring (bicyclic) bond motifs is 7. The molecule has 0 radical (unpaired) electrons. The molecule has 1 N–H and O–H groups in total. The van der Waals surface area contributed by atoms with Crippen LogP contribution in [0.25, 0.3) is 54.9 Å². The lowest BCUT2D eigenvalue weighted by Gasteiger charge is -2.04. The molecule has 0 spiro atoms. The lowest BCUT2D eigenvalue weighted by Crippen LogP contribution is -1.78. The summed E-state index contributed by atoms with van der Waals surface area (Å²) in [4.78, 5) is 3.60. The van der Waals surface area contributed by atoms with E-state index in [1.165, 1.54) is 21.9 Å². The molecule has 0 aliphatic rings. The first kappa shape index (κ1) is 13.7. The zero-order chi connectivity index (χ0) is 17.1. The molecule has 0 aliphatic heterocycles. The predicted molar refractivity (Wildman–Crippen MR) is 109 cm³/mol. The Morgan fingerprint density at radius 1 is 0.615 bits per heavy atom. The van der Waals surface area contributed by atoms with Gasteiger partial charge in [-0.15, -0.1) is 0 Å². The third-order valence-corrected chi connectivity index (χ3v) is 5.23. The fourth-order valence-corrected chi connectivity index (χ4v) is 4.06. The molecule has 0 bridgehead atoms. The molecular weight excluding hydrogens is 318 g/mol. The van der Waals surface area contributed by atoms with Crippen molar-refractivity contribution >= 4 is 43.7 Å². The van der Waals surface area contributed by atoms with E-state index in [-0.39, 0.29) is 0 Å². The van der Waals surface area contributed by atoms with Crippen LogP contribution in [-0.2, 0) is 0 Å². The fourth-order valence-electron chi connectivity index (χ4n) is 4.06. The van der Waals surface area contributed by atoms with Crippen LogP contribution in [0.2, 0.25) is 0 Å². The molecule has 2 heterocycles. The van der Waals surface area contributed by atoms with Crippen LogP contribution in [-0.4, -0.2) is 4.98 Å². The maximum Gasteiger partial charge on any atom is 0.159 e. The van der Waals surface area contributed by atoms with E-state index >= 15 is 0 Å². The Hall–Kier alpha value is -3.52. The maximum absolute atomic E-state index is 6.21. The van der Waals surface area contributed by atoms with Crippen molar-refractivity contribution < 1.29 is 4.42 Å². The summed E-state index contributed by atoms with van der Waals surface area (Å²) in [6.07, 6.45) is 0. The van der Waals surface area contributed by atoms with Crippen LogP contribution in [0.3, 0.4) is 0 Å². The van der Waals surface area contributed by atoms with E-state index in [1.54, 1.807) is 0 Å². The van der Waals surface area contributed by atoms with E-state index in [0.717, 1.165) is 33.0 Å². The fraction of sp³-hybridized carbons (Fsp3) is 0. The third-order valence-electron chi connectivity index (χ3n) is 5.23. The minimum atomic E-state index is 0.928. The SMILES string of the molecule is c1ccc(-c2cccc3[nH]c4c(ccc5c6ccccc6oc54)c23)cc1. The second-order valence-electron chi connectivity index (χ2n) is 6.68. The molecule has 0 saturated carbocycles. The van der Waals surface area contributed by atoms with Gasteiger partial charge < -0.3 is 9.40 Å². The van der Waals surface area contributed by atoms with Gasteiger partial charge in [-0.05, 0) is 29.3 Å². The highest BCUT2D eigenvalue weighted by Crippen LogP contribution is 2.39. The molecule has 0 amide bonds. The Balaban J connectivity index is 1.79. The molecule has 0 aliphatic carbocycles. The average molecular weight is 333 g/mol. The average Bonchev–Trinajstić information content (AvgIpc) is 3.26. The van der Waals surface area contributed by atoms with Gasteiger partial charge in [0.05, 0.1) is 5.52 Å². The Morgan fingerprint density at radius 3 is 2.35 bits per heavy atom. The molecule has 0 saturated heterocycles. The topological polar surface area (TPSA) is 28.9 Å². The Kier molecular flexibility index (Phi) is 2.64. The van der Waals surface area contributed by atoms with Gasteiger partial charge in [-0.3, -0.25) is 0 Å². The van der Waals surface area contributed by atoms with E-state index in [4.69, 9.17) is 4.42 Å². The lowest BCUT2D eigenvalue weighted by molar-refractivity contribution is 0.672. The van der Waals surface area contributed by atoms with Crippen molar-refractivity contribution in [2.75, 3.05) is 0 Å². The molecule has 0 unspecified atom stereocenters. The van der Waals surface area contributed by atoms with Crippen LogP contribution in [0.1, 0.15) is 0 Å². The molecule has 4 aromatic carbocycles. The third kappa shape index (κ3) is 1.76. The number of para-hydroxylation sites is 1. The second kappa shape index (κ2) is 4.99. The van der Waals surface area contributed by atoms with Gasteiger partial charge in [-0.2, -0.15) is 0 Å². The molecule has 2 heteroatoms. The van der Waals surface area contributed by atoms with Crippen LogP contribution in [0.15, 0.2) is 89.3 Å². The van der Waals surface area contributed by atoms with Gasteiger partial charge in [-0.25, -0.2) is 0 Å². The summed E-state index contributed by atoms with van der Waals surface area (Å²) in [5, 5.41) is 4.76. The summed E-state index contributed by atoms with van der Waals surface area (Å²) in [6, 6.07) is 29.6. The smallest absolute Gasteiger partial charge is 0.159 e. The summed E-state index contributed by atoms with van der Waals surface area (Å²) in [7, 11) is 0. The Bertz CT molecular complexity index is 1420. The van der Waals surface area contributed by atoms with Crippen molar-refractivity contribution in [2.45, 2.75) is 0 Å². The zero-order valence-corrected chi connectivity index (χ0v) is 14.0.